The minimum atomic E-state index is -0.925. The lowest BCUT2D eigenvalue weighted by molar-refractivity contribution is 0.0775. The van der Waals surface area contributed by atoms with Crippen molar-refractivity contribution in [1.82, 2.24) is 9.47 Å². The number of benzene rings is 1. The van der Waals surface area contributed by atoms with Gasteiger partial charge in [0.15, 0.2) is 11.6 Å². The van der Waals surface area contributed by atoms with Crippen molar-refractivity contribution >= 4 is 11.6 Å². The van der Waals surface area contributed by atoms with Crippen LogP contribution in [0.25, 0.3) is 0 Å². The summed E-state index contributed by atoms with van der Waals surface area (Å²) in [5.74, 6) is -2.07. The molecule has 2 rings (SSSR count). The van der Waals surface area contributed by atoms with E-state index in [-0.39, 0.29) is 12.5 Å². The number of nitrogens with zero attached hydrogens (tertiary/aromatic N) is 2. The third kappa shape index (κ3) is 2.79. The van der Waals surface area contributed by atoms with Gasteiger partial charge in [-0.15, -0.1) is 0 Å². The second-order valence-electron chi connectivity index (χ2n) is 4.68. The standard InChI is InChI=1S/C14H15F2N3O/c1-18-8-10(17)6-13(18)14(20)19(2)7-9-3-4-11(15)12(16)5-9/h3-6,8H,7,17H2,1-2H3. The Bertz CT molecular complexity index is 652. The molecule has 6 heteroatoms. The summed E-state index contributed by atoms with van der Waals surface area (Å²) in [4.78, 5) is 13.6. The molecule has 0 fully saturated rings. The van der Waals surface area contributed by atoms with E-state index < -0.39 is 11.6 Å². The number of rotatable bonds is 3. The fraction of sp³-hybridized carbons (Fsp3) is 0.214. The van der Waals surface area contributed by atoms with Crippen molar-refractivity contribution in [1.29, 1.82) is 0 Å². The van der Waals surface area contributed by atoms with E-state index in [9.17, 15) is 13.6 Å². The van der Waals surface area contributed by atoms with Gasteiger partial charge in [-0.1, -0.05) is 6.07 Å². The number of carbonyl (C=O) groups is 1. The molecule has 0 spiro atoms. The molecule has 1 aromatic carbocycles. The summed E-state index contributed by atoms with van der Waals surface area (Å²) in [5, 5.41) is 0. The first-order chi connectivity index (χ1) is 9.38. The molecule has 2 N–H and O–H groups in total. The van der Waals surface area contributed by atoms with Crippen LogP contribution in [0.15, 0.2) is 30.5 Å². The van der Waals surface area contributed by atoms with Crippen LogP contribution >= 0.6 is 0 Å². The van der Waals surface area contributed by atoms with Gasteiger partial charge in [0.05, 0.1) is 5.69 Å². The zero-order chi connectivity index (χ0) is 14.9. The minimum Gasteiger partial charge on any atom is -0.397 e. The molecule has 20 heavy (non-hydrogen) atoms. The van der Waals surface area contributed by atoms with Crippen LogP contribution in [0.2, 0.25) is 0 Å². The number of amides is 1. The lowest BCUT2D eigenvalue weighted by atomic mass is 10.2. The monoisotopic (exact) mass is 279 g/mol. The molecule has 0 atom stereocenters. The van der Waals surface area contributed by atoms with Gasteiger partial charge in [-0.2, -0.15) is 0 Å². The van der Waals surface area contributed by atoms with Gasteiger partial charge in [-0.3, -0.25) is 4.79 Å². The molecule has 0 unspecified atom stereocenters. The largest absolute Gasteiger partial charge is 0.397 e. The van der Waals surface area contributed by atoms with Crippen molar-refractivity contribution in [2.75, 3.05) is 12.8 Å². The molecule has 0 radical (unpaired) electrons. The van der Waals surface area contributed by atoms with Gasteiger partial charge in [0.2, 0.25) is 0 Å². The van der Waals surface area contributed by atoms with Crippen LogP contribution in [0.3, 0.4) is 0 Å². The van der Waals surface area contributed by atoms with Gasteiger partial charge in [-0.25, -0.2) is 8.78 Å². The molecule has 2 aromatic rings. The minimum absolute atomic E-state index is 0.182. The lowest BCUT2D eigenvalue weighted by Gasteiger charge is -2.17. The van der Waals surface area contributed by atoms with Crippen LogP contribution in [0, 0.1) is 11.6 Å². The summed E-state index contributed by atoms with van der Waals surface area (Å²) in [7, 11) is 3.31. The molecule has 1 amide bonds. The first-order valence-electron chi connectivity index (χ1n) is 5.99. The predicted molar refractivity (Wildman–Crippen MR) is 72.0 cm³/mol. The molecule has 0 saturated carbocycles. The molecule has 1 aromatic heterocycles. The number of nitrogens with two attached hydrogens (primary N) is 1. The second-order valence-corrected chi connectivity index (χ2v) is 4.68. The highest BCUT2D eigenvalue weighted by Crippen LogP contribution is 2.14. The lowest BCUT2D eigenvalue weighted by Crippen LogP contribution is -2.27. The van der Waals surface area contributed by atoms with Crippen molar-refractivity contribution in [3.05, 3.63) is 53.4 Å². The second kappa shape index (κ2) is 5.32. The highest BCUT2D eigenvalue weighted by atomic mass is 19.2. The van der Waals surface area contributed by atoms with Crippen LogP contribution < -0.4 is 5.73 Å². The first kappa shape index (κ1) is 14.0. The molecule has 0 saturated heterocycles. The highest BCUT2D eigenvalue weighted by Gasteiger charge is 2.16. The first-order valence-corrected chi connectivity index (χ1v) is 5.99. The van der Waals surface area contributed by atoms with Crippen molar-refractivity contribution in [2.24, 2.45) is 7.05 Å². The molecule has 0 aliphatic carbocycles. The number of carbonyl (C=O) groups excluding carboxylic acids is 1. The Hall–Kier alpha value is -2.37. The normalized spacial score (nSPS) is 10.6. The maximum Gasteiger partial charge on any atom is 0.270 e. The molecular weight excluding hydrogens is 264 g/mol. The Kier molecular flexibility index (Phi) is 3.74. The molecule has 4 nitrogen and oxygen atoms in total. The van der Waals surface area contributed by atoms with Crippen molar-refractivity contribution in [3.63, 3.8) is 0 Å². The fourth-order valence-corrected chi connectivity index (χ4v) is 1.98. The van der Waals surface area contributed by atoms with Gasteiger partial charge in [0.25, 0.3) is 5.91 Å². The number of hydrogen-bond donors (Lipinski definition) is 1. The number of aryl methyl sites for hydroxylation is 1. The molecule has 1 heterocycles. The van der Waals surface area contributed by atoms with E-state index in [1.807, 2.05) is 0 Å². The SMILES string of the molecule is CN(Cc1ccc(F)c(F)c1)C(=O)c1cc(N)cn1C. The third-order valence-corrected chi connectivity index (χ3v) is 3.00. The number of hydrogen-bond acceptors (Lipinski definition) is 2. The Balaban J connectivity index is 2.15. The van der Waals surface area contributed by atoms with E-state index in [2.05, 4.69) is 0 Å². The smallest absolute Gasteiger partial charge is 0.270 e. The van der Waals surface area contributed by atoms with Gasteiger partial charge >= 0.3 is 0 Å². The van der Waals surface area contributed by atoms with Crippen LogP contribution in [0.5, 0.6) is 0 Å². The van der Waals surface area contributed by atoms with Crippen LogP contribution in [-0.2, 0) is 13.6 Å². The highest BCUT2D eigenvalue weighted by molar-refractivity contribution is 5.93. The van der Waals surface area contributed by atoms with E-state index >= 15 is 0 Å². The molecule has 106 valence electrons. The summed E-state index contributed by atoms with van der Waals surface area (Å²) >= 11 is 0. The topological polar surface area (TPSA) is 51.3 Å². The summed E-state index contributed by atoms with van der Waals surface area (Å²) in [6.45, 7) is 0.182. The van der Waals surface area contributed by atoms with E-state index in [0.29, 0.717) is 16.9 Å². The van der Waals surface area contributed by atoms with Crippen LogP contribution in [-0.4, -0.2) is 22.4 Å². The summed E-state index contributed by atoms with van der Waals surface area (Å²) < 4.78 is 27.6. The number of halogens is 2. The zero-order valence-electron chi connectivity index (χ0n) is 11.2. The third-order valence-electron chi connectivity index (χ3n) is 3.00. The molecule has 0 aliphatic rings. The van der Waals surface area contributed by atoms with Gasteiger partial charge in [0, 0.05) is 26.8 Å². The average molecular weight is 279 g/mol. The van der Waals surface area contributed by atoms with E-state index in [0.717, 1.165) is 12.1 Å². The molecule has 0 aliphatic heterocycles. The quantitative estimate of drug-likeness (QED) is 0.936. The summed E-state index contributed by atoms with van der Waals surface area (Å²) in [5.41, 5.74) is 7.07. The van der Waals surface area contributed by atoms with Crippen LogP contribution in [0.4, 0.5) is 14.5 Å². The summed E-state index contributed by atoms with van der Waals surface area (Å²) in [6, 6.07) is 5.15. The molecular formula is C14H15F2N3O. The van der Waals surface area contributed by atoms with Crippen molar-refractivity contribution in [2.45, 2.75) is 6.54 Å². The van der Waals surface area contributed by atoms with Gasteiger partial charge in [0.1, 0.15) is 5.69 Å². The van der Waals surface area contributed by atoms with Gasteiger partial charge in [-0.05, 0) is 23.8 Å². The van der Waals surface area contributed by atoms with E-state index in [1.165, 1.54) is 11.0 Å². The maximum absolute atomic E-state index is 13.1. The molecule has 0 bridgehead atoms. The fourth-order valence-electron chi connectivity index (χ4n) is 1.98. The maximum atomic E-state index is 13.1. The number of nitrogen functional groups attached to an aromatic ring is 1. The van der Waals surface area contributed by atoms with Crippen molar-refractivity contribution < 1.29 is 13.6 Å². The average Bonchev–Trinajstić information content (AvgIpc) is 2.72. The summed E-state index contributed by atoms with van der Waals surface area (Å²) in [6.07, 6.45) is 1.64. The van der Waals surface area contributed by atoms with Crippen molar-refractivity contribution in [3.8, 4) is 0 Å². The number of aromatic nitrogens is 1. The Morgan fingerprint density at radius 2 is 2.00 bits per heavy atom. The van der Waals surface area contributed by atoms with Gasteiger partial charge < -0.3 is 15.2 Å². The Morgan fingerprint density at radius 3 is 2.55 bits per heavy atom. The Morgan fingerprint density at radius 1 is 1.30 bits per heavy atom. The van der Waals surface area contributed by atoms with E-state index in [4.69, 9.17) is 5.73 Å². The Labute approximate surface area is 115 Å². The number of anilines is 1. The zero-order valence-corrected chi connectivity index (χ0v) is 11.2. The van der Waals surface area contributed by atoms with E-state index in [1.54, 1.807) is 30.9 Å². The van der Waals surface area contributed by atoms with Crippen LogP contribution in [0.1, 0.15) is 16.1 Å². The predicted octanol–water partition coefficient (Wildman–Crippen LogP) is 2.16.